The summed E-state index contributed by atoms with van der Waals surface area (Å²) in [5.74, 6) is -1.16. The van der Waals surface area contributed by atoms with Crippen molar-refractivity contribution in [3.05, 3.63) is 78.9 Å². The smallest absolute Gasteiger partial charge is 0.271 e. The van der Waals surface area contributed by atoms with E-state index >= 15 is 0 Å². The Morgan fingerprint density at radius 2 is 1.66 bits per heavy atom. The first kappa shape index (κ1) is 21.7. The molecule has 9 nitrogen and oxygen atoms in total. The molecule has 0 aliphatic carbocycles. The first-order valence-corrected chi connectivity index (χ1v) is 11.6. The maximum absolute atomic E-state index is 12.7. The van der Waals surface area contributed by atoms with Gasteiger partial charge in [-0.2, -0.15) is 4.31 Å². The van der Waals surface area contributed by atoms with Crippen molar-refractivity contribution < 1.29 is 18.0 Å². The van der Waals surface area contributed by atoms with Gasteiger partial charge in [-0.25, -0.2) is 8.42 Å². The number of amides is 2. The lowest BCUT2D eigenvalue weighted by atomic mass is 9.98. The molecule has 4 rings (SSSR count). The Kier molecular flexibility index (Phi) is 6.33. The number of piperidine rings is 1. The number of rotatable bonds is 5. The Labute approximate surface area is 186 Å². The summed E-state index contributed by atoms with van der Waals surface area (Å²) in [6.07, 6.45) is 7.22. The fraction of sp³-hybridized carbons (Fsp3) is 0.227. The Morgan fingerprint density at radius 1 is 0.938 bits per heavy atom. The molecule has 2 aromatic heterocycles. The van der Waals surface area contributed by atoms with Gasteiger partial charge in [-0.1, -0.05) is 12.1 Å². The summed E-state index contributed by atoms with van der Waals surface area (Å²) < 4.78 is 28.6. The molecule has 1 aromatic carbocycles. The minimum absolute atomic E-state index is 0.136. The van der Waals surface area contributed by atoms with Gasteiger partial charge in [-0.15, -0.1) is 0 Å². The van der Waals surface area contributed by atoms with E-state index in [1.807, 2.05) is 41.2 Å². The third-order valence-corrected chi connectivity index (χ3v) is 7.31. The van der Waals surface area contributed by atoms with Crippen molar-refractivity contribution in [3.8, 4) is 5.69 Å². The van der Waals surface area contributed by atoms with Gasteiger partial charge >= 0.3 is 0 Å². The number of pyridine rings is 1. The van der Waals surface area contributed by atoms with Crippen LogP contribution in [0.25, 0.3) is 5.69 Å². The average Bonchev–Trinajstić information content (AvgIpc) is 3.38. The average molecular weight is 454 g/mol. The number of nitrogens with zero attached hydrogens (tertiary/aromatic N) is 3. The van der Waals surface area contributed by atoms with Gasteiger partial charge in [0.2, 0.25) is 15.9 Å². The van der Waals surface area contributed by atoms with Gasteiger partial charge in [0.05, 0.1) is 11.3 Å². The molecule has 2 amide bonds. The van der Waals surface area contributed by atoms with E-state index in [0.29, 0.717) is 24.1 Å². The SMILES string of the molecule is O=C(NNC(=O)C1CCN(S(=O)(=O)c2cccnc2)CC1)c1ccccc1-n1cccc1. The van der Waals surface area contributed by atoms with Crippen LogP contribution in [0.2, 0.25) is 0 Å². The number of hydrazine groups is 1. The lowest BCUT2D eigenvalue weighted by Gasteiger charge is -2.30. The van der Waals surface area contributed by atoms with E-state index in [9.17, 15) is 18.0 Å². The van der Waals surface area contributed by atoms with Gasteiger partial charge in [0.15, 0.2) is 0 Å². The van der Waals surface area contributed by atoms with Gasteiger partial charge in [-0.05, 0) is 49.2 Å². The molecule has 0 atom stereocenters. The largest absolute Gasteiger partial charge is 0.323 e. The van der Waals surface area contributed by atoms with E-state index in [2.05, 4.69) is 15.8 Å². The molecule has 1 aliphatic rings. The van der Waals surface area contributed by atoms with Gasteiger partial charge in [0.25, 0.3) is 5.91 Å². The molecule has 3 heterocycles. The minimum atomic E-state index is -3.63. The normalized spacial score (nSPS) is 15.2. The summed E-state index contributed by atoms with van der Waals surface area (Å²) in [5, 5.41) is 0. The van der Waals surface area contributed by atoms with E-state index in [0.717, 1.165) is 0 Å². The zero-order valence-corrected chi connectivity index (χ0v) is 18.0. The Hall–Kier alpha value is -3.50. The summed E-state index contributed by atoms with van der Waals surface area (Å²) in [6, 6.07) is 13.9. The predicted molar refractivity (Wildman–Crippen MR) is 117 cm³/mol. The molecular formula is C22H23N5O4S. The number of benzene rings is 1. The Bertz CT molecular complexity index is 1190. The van der Waals surface area contributed by atoms with Crippen molar-refractivity contribution >= 4 is 21.8 Å². The first-order valence-electron chi connectivity index (χ1n) is 10.2. The predicted octanol–water partition coefficient (Wildman–Crippen LogP) is 1.73. The van der Waals surface area contributed by atoms with Crippen LogP contribution in [0.1, 0.15) is 23.2 Å². The number of aromatic nitrogens is 2. The van der Waals surface area contributed by atoms with Crippen LogP contribution >= 0.6 is 0 Å². The van der Waals surface area contributed by atoms with Crippen molar-refractivity contribution in [2.45, 2.75) is 17.7 Å². The van der Waals surface area contributed by atoms with Crippen molar-refractivity contribution in [3.63, 3.8) is 0 Å². The van der Waals surface area contributed by atoms with Crippen LogP contribution in [0, 0.1) is 5.92 Å². The second-order valence-corrected chi connectivity index (χ2v) is 9.36. The summed E-state index contributed by atoms with van der Waals surface area (Å²) in [5.41, 5.74) is 6.07. The number of carbonyl (C=O) groups excluding carboxylic acids is 2. The van der Waals surface area contributed by atoms with Gasteiger partial charge in [0.1, 0.15) is 4.90 Å². The Balaban J connectivity index is 1.33. The summed E-state index contributed by atoms with van der Waals surface area (Å²) in [6.45, 7) is 0.444. The van der Waals surface area contributed by atoms with Crippen LogP contribution in [-0.4, -0.2) is 47.2 Å². The quantitative estimate of drug-likeness (QED) is 0.572. The zero-order chi connectivity index (χ0) is 22.6. The van der Waals surface area contributed by atoms with Crippen LogP contribution in [-0.2, 0) is 14.8 Å². The number of hydrogen-bond acceptors (Lipinski definition) is 5. The molecule has 3 aromatic rings. The summed E-state index contributed by atoms with van der Waals surface area (Å²) in [7, 11) is -3.63. The number of para-hydroxylation sites is 1. The Morgan fingerprint density at radius 3 is 2.34 bits per heavy atom. The fourth-order valence-corrected chi connectivity index (χ4v) is 5.12. The van der Waals surface area contributed by atoms with E-state index in [-0.39, 0.29) is 23.9 Å². The van der Waals surface area contributed by atoms with Crippen molar-refractivity contribution in [1.82, 2.24) is 24.7 Å². The maximum Gasteiger partial charge on any atom is 0.271 e. The monoisotopic (exact) mass is 453 g/mol. The number of hydrogen-bond donors (Lipinski definition) is 2. The highest BCUT2D eigenvalue weighted by Crippen LogP contribution is 2.23. The molecule has 166 valence electrons. The third-order valence-electron chi connectivity index (χ3n) is 5.43. The van der Waals surface area contributed by atoms with Crippen LogP contribution < -0.4 is 10.9 Å². The van der Waals surface area contributed by atoms with Crippen molar-refractivity contribution in [2.24, 2.45) is 5.92 Å². The first-order chi connectivity index (χ1) is 15.5. The second kappa shape index (κ2) is 9.33. The van der Waals surface area contributed by atoms with Gasteiger partial charge in [-0.3, -0.25) is 25.4 Å². The number of sulfonamides is 1. The summed E-state index contributed by atoms with van der Waals surface area (Å²) >= 11 is 0. The number of nitrogens with one attached hydrogen (secondary N) is 2. The molecule has 0 bridgehead atoms. The third kappa shape index (κ3) is 4.56. The standard InChI is InChI=1S/C22H23N5O4S/c28-21(17-9-14-27(15-10-17)32(30,31)18-6-5-11-23-16-18)24-25-22(29)19-7-1-2-8-20(19)26-12-3-4-13-26/h1-8,11-13,16-17H,9-10,14-15H2,(H,24,28)(H,25,29). The zero-order valence-electron chi connectivity index (χ0n) is 17.2. The lowest BCUT2D eigenvalue weighted by Crippen LogP contribution is -2.48. The lowest BCUT2D eigenvalue weighted by molar-refractivity contribution is -0.126. The molecule has 2 N–H and O–H groups in total. The topological polar surface area (TPSA) is 113 Å². The molecule has 0 saturated carbocycles. The molecule has 10 heteroatoms. The second-order valence-electron chi connectivity index (χ2n) is 7.42. The highest BCUT2D eigenvalue weighted by molar-refractivity contribution is 7.89. The van der Waals surface area contributed by atoms with E-state index < -0.39 is 21.8 Å². The van der Waals surface area contributed by atoms with Crippen LogP contribution in [0.15, 0.2) is 78.2 Å². The molecule has 1 fully saturated rings. The van der Waals surface area contributed by atoms with E-state index in [1.54, 1.807) is 18.2 Å². The molecule has 0 spiro atoms. The molecule has 1 aliphatic heterocycles. The fourth-order valence-electron chi connectivity index (χ4n) is 3.68. The van der Waals surface area contributed by atoms with Crippen LogP contribution in [0.4, 0.5) is 0 Å². The van der Waals surface area contributed by atoms with Crippen LogP contribution in [0.5, 0.6) is 0 Å². The minimum Gasteiger partial charge on any atom is -0.323 e. The summed E-state index contributed by atoms with van der Waals surface area (Å²) in [4.78, 5) is 29.2. The molecule has 1 saturated heterocycles. The molecule has 32 heavy (non-hydrogen) atoms. The van der Waals surface area contributed by atoms with Gasteiger partial charge in [0, 0.05) is 43.8 Å². The highest BCUT2D eigenvalue weighted by Gasteiger charge is 2.32. The number of carbonyl (C=O) groups is 2. The molecule has 0 unspecified atom stereocenters. The van der Waals surface area contributed by atoms with Crippen LogP contribution in [0.3, 0.4) is 0 Å². The van der Waals surface area contributed by atoms with Gasteiger partial charge < -0.3 is 4.57 Å². The van der Waals surface area contributed by atoms with E-state index in [1.165, 1.54) is 22.8 Å². The van der Waals surface area contributed by atoms with Crippen molar-refractivity contribution in [2.75, 3.05) is 13.1 Å². The highest BCUT2D eigenvalue weighted by atomic mass is 32.2. The van der Waals surface area contributed by atoms with E-state index in [4.69, 9.17) is 0 Å². The molecular weight excluding hydrogens is 430 g/mol. The van der Waals surface area contributed by atoms with Crippen molar-refractivity contribution in [1.29, 1.82) is 0 Å². The maximum atomic E-state index is 12.7. The molecule has 0 radical (unpaired) electrons.